The highest BCUT2D eigenvalue weighted by molar-refractivity contribution is 7.09. The molecule has 0 atom stereocenters. The maximum atomic E-state index is 5.46. The van der Waals surface area contributed by atoms with Crippen LogP contribution in [-0.4, -0.2) is 61.8 Å². The Kier molecular flexibility index (Phi) is 4.87. The lowest BCUT2D eigenvalue weighted by molar-refractivity contribution is 0.122. The molecule has 0 bridgehead atoms. The molecule has 0 saturated carbocycles. The van der Waals surface area contributed by atoms with E-state index in [0.29, 0.717) is 0 Å². The van der Waals surface area contributed by atoms with Gasteiger partial charge in [0, 0.05) is 63.7 Å². The molecule has 0 radical (unpaired) electrons. The molecular weight excluding hydrogens is 334 g/mol. The van der Waals surface area contributed by atoms with Gasteiger partial charge >= 0.3 is 0 Å². The Labute approximate surface area is 153 Å². The van der Waals surface area contributed by atoms with Crippen LogP contribution in [0.2, 0.25) is 0 Å². The van der Waals surface area contributed by atoms with Crippen LogP contribution in [0.15, 0.2) is 17.5 Å². The van der Waals surface area contributed by atoms with Crippen LogP contribution in [0, 0.1) is 0 Å². The van der Waals surface area contributed by atoms with Gasteiger partial charge in [-0.25, -0.2) is 4.98 Å². The number of morpholine rings is 1. The Balaban J connectivity index is 1.60. The third-order valence-corrected chi connectivity index (χ3v) is 5.64. The van der Waals surface area contributed by atoms with Crippen LogP contribution in [0.1, 0.15) is 16.1 Å². The van der Waals surface area contributed by atoms with Crippen molar-refractivity contribution in [2.75, 3.05) is 56.7 Å². The van der Waals surface area contributed by atoms with Crippen molar-refractivity contribution in [1.82, 2.24) is 14.9 Å². The highest BCUT2D eigenvalue weighted by Crippen LogP contribution is 2.29. The molecule has 4 heterocycles. The van der Waals surface area contributed by atoms with E-state index in [-0.39, 0.29) is 0 Å². The number of anilines is 2. The summed E-state index contributed by atoms with van der Waals surface area (Å²) in [5.41, 5.74) is 2.49. The number of hydrogen-bond donors (Lipinski definition) is 0. The van der Waals surface area contributed by atoms with Crippen molar-refractivity contribution in [3.05, 3.63) is 33.6 Å². The van der Waals surface area contributed by atoms with Crippen molar-refractivity contribution in [3.63, 3.8) is 0 Å². The molecule has 2 aromatic rings. The summed E-state index contributed by atoms with van der Waals surface area (Å²) in [5, 5.41) is 2.15. The van der Waals surface area contributed by atoms with Gasteiger partial charge in [0.1, 0.15) is 5.82 Å². The number of aromatic nitrogens is 2. The lowest BCUT2D eigenvalue weighted by atomic mass is 10.1. The van der Waals surface area contributed by atoms with Gasteiger partial charge < -0.3 is 14.5 Å². The van der Waals surface area contributed by atoms with Crippen LogP contribution < -0.4 is 9.80 Å². The smallest absolute Gasteiger partial charge is 0.227 e. The lowest BCUT2D eigenvalue weighted by Gasteiger charge is -2.33. The highest BCUT2D eigenvalue weighted by Gasteiger charge is 2.25. The first kappa shape index (κ1) is 16.8. The largest absolute Gasteiger partial charge is 0.378 e. The van der Waals surface area contributed by atoms with Crippen LogP contribution in [0.25, 0.3) is 0 Å². The fraction of sp³-hybridized carbons (Fsp3) is 0.556. The van der Waals surface area contributed by atoms with Crippen molar-refractivity contribution in [1.29, 1.82) is 0 Å². The average Bonchev–Trinajstić information content (AvgIpc) is 3.14. The molecule has 134 valence electrons. The Hall–Kier alpha value is -1.70. The zero-order valence-electron chi connectivity index (χ0n) is 14.9. The van der Waals surface area contributed by atoms with E-state index in [1.807, 2.05) is 11.3 Å². The molecule has 4 rings (SSSR count). The van der Waals surface area contributed by atoms with Crippen molar-refractivity contribution in [2.45, 2.75) is 19.5 Å². The SMILES string of the molecule is CN(C)c1nc(N2CCOCC2)nc2c1CN(Cc1cccs1)CC2. The van der Waals surface area contributed by atoms with Gasteiger partial charge in [0.15, 0.2) is 0 Å². The molecule has 0 spiro atoms. The van der Waals surface area contributed by atoms with Gasteiger partial charge in [-0.15, -0.1) is 11.3 Å². The molecule has 0 N–H and O–H groups in total. The fourth-order valence-electron chi connectivity index (χ4n) is 3.47. The molecule has 6 nitrogen and oxygen atoms in total. The van der Waals surface area contributed by atoms with E-state index >= 15 is 0 Å². The topological polar surface area (TPSA) is 44.7 Å². The van der Waals surface area contributed by atoms with Gasteiger partial charge in [-0.3, -0.25) is 4.90 Å². The quantitative estimate of drug-likeness (QED) is 0.832. The van der Waals surface area contributed by atoms with Gasteiger partial charge in [0.05, 0.1) is 18.9 Å². The Bertz CT molecular complexity index is 713. The standard InChI is InChI=1S/C18H25N5OS/c1-21(2)17-15-13-22(12-14-4-3-11-25-14)6-5-16(15)19-18(20-17)23-7-9-24-10-8-23/h3-4,11H,5-10,12-13H2,1-2H3. The minimum absolute atomic E-state index is 0.756. The normalized spacial score (nSPS) is 18.2. The third-order valence-electron chi connectivity index (χ3n) is 4.78. The van der Waals surface area contributed by atoms with E-state index in [2.05, 4.69) is 46.3 Å². The maximum absolute atomic E-state index is 5.46. The summed E-state index contributed by atoms with van der Waals surface area (Å²) in [6.45, 7) is 6.24. The number of fused-ring (bicyclic) bond motifs is 1. The molecule has 0 amide bonds. The minimum Gasteiger partial charge on any atom is -0.378 e. The molecular formula is C18H25N5OS. The second kappa shape index (κ2) is 7.27. The average molecular weight is 359 g/mol. The predicted octanol–water partition coefficient (Wildman–Crippen LogP) is 2.00. The molecule has 7 heteroatoms. The maximum Gasteiger partial charge on any atom is 0.227 e. The first-order chi connectivity index (χ1) is 12.2. The van der Waals surface area contributed by atoms with Gasteiger partial charge in [0.2, 0.25) is 5.95 Å². The molecule has 0 aliphatic carbocycles. The number of hydrogen-bond acceptors (Lipinski definition) is 7. The van der Waals surface area contributed by atoms with Gasteiger partial charge in [-0.1, -0.05) is 6.07 Å². The van der Waals surface area contributed by atoms with Crippen molar-refractivity contribution in [3.8, 4) is 0 Å². The van der Waals surface area contributed by atoms with Crippen molar-refractivity contribution in [2.24, 2.45) is 0 Å². The number of rotatable bonds is 4. The second-order valence-corrected chi connectivity index (χ2v) is 7.84. The summed E-state index contributed by atoms with van der Waals surface area (Å²) in [6.07, 6.45) is 0.988. The van der Waals surface area contributed by atoms with Crippen LogP contribution >= 0.6 is 11.3 Å². The zero-order valence-corrected chi connectivity index (χ0v) is 15.8. The minimum atomic E-state index is 0.756. The first-order valence-corrected chi connectivity index (χ1v) is 9.73. The van der Waals surface area contributed by atoms with E-state index < -0.39 is 0 Å². The van der Waals surface area contributed by atoms with Gasteiger partial charge in [-0.2, -0.15) is 4.98 Å². The Morgan fingerprint density at radius 1 is 1.20 bits per heavy atom. The lowest BCUT2D eigenvalue weighted by Crippen LogP contribution is -2.39. The van der Waals surface area contributed by atoms with Gasteiger partial charge in [0.25, 0.3) is 0 Å². The van der Waals surface area contributed by atoms with Crippen LogP contribution in [0.5, 0.6) is 0 Å². The number of ether oxygens (including phenoxy) is 1. The van der Waals surface area contributed by atoms with E-state index in [1.165, 1.54) is 16.1 Å². The van der Waals surface area contributed by atoms with Crippen LogP contribution in [-0.2, 0) is 24.2 Å². The molecule has 1 fully saturated rings. The summed E-state index contributed by atoms with van der Waals surface area (Å²) in [6, 6.07) is 4.34. The monoisotopic (exact) mass is 359 g/mol. The van der Waals surface area contributed by atoms with E-state index in [4.69, 9.17) is 14.7 Å². The van der Waals surface area contributed by atoms with E-state index in [1.54, 1.807) is 0 Å². The molecule has 0 unspecified atom stereocenters. The number of nitrogens with zero attached hydrogens (tertiary/aromatic N) is 5. The van der Waals surface area contributed by atoms with Gasteiger partial charge in [-0.05, 0) is 11.4 Å². The predicted molar refractivity (Wildman–Crippen MR) is 102 cm³/mol. The molecule has 2 aliphatic rings. The first-order valence-electron chi connectivity index (χ1n) is 8.85. The number of thiophene rings is 1. The highest BCUT2D eigenvalue weighted by atomic mass is 32.1. The summed E-state index contributed by atoms with van der Waals surface area (Å²) < 4.78 is 5.46. The van der Waals surface area contributed by atoms with E-state index in [9.17, 15) is 0 Å². The molecule has 1 saturated heterocycles. The van der Waals surface area contributed by atoms with Crippen molar-refractivity contribution >= 4 is 23.1 Å². The molecule has 2 aromatic heterocycles. The summed E-state index contributed by atoms with van der Waals surface area (Å²) in [7, 11) is 4.15. The molecule has 0 aromatic carbocycles. The van der Waals surface area contributed by atoms with Crippen LogP contribution in [0.4, 0.5) is 11.8 Å². The van der Waals surface area contributed by atoms with Crippen molar-refractivity contribution < 1.29 is 4.74 Å². The fourth-order valence-corrected chi connectivity index (χ4v) is 4.22. The summed E-state index contributed by atoms with van der Waals surface area (Å²) in [4.78, 5) is 18.1. The molecule has 2 aliphatic heterocycles. The van der Waals surface area contributed by atoms with E-state index in [0.717, 1.165) is 64.1 Å². The molecule has 25 heavy (non-hydrogen) atoms. The third kappa shape index (κ3) is 3.63. The van der Waals surface area contributed by atoms with Crippen LogP contribution in [0.3, 0.4) is 0 Å². The summed E-state index contributed by atoms with van der Waals surface area (Å²) >= 11 is 1.83. The second-order valence-electron chi connectivity index (χ2n) is 6.81. The zero-order chi connectivity index (χ0) is 17.2. The Morgan fingerprint density at radius 3 is 2.76 bits per heavy atom. The Morgan fingerprint density at radius 2 is 2.04 bits per heavy atom. The summed E-state index contributed by atoms with van der Waals surface area (Å²) in [5.74, 6) is 1.92.